The summed E-state index contributed by atoms with van der Waals surface area (Å²) in [6.45, 7) is 12.1. The topological polar surface area (TPSA) is 111 Å². The summed E-state index contributed by atoms with van der Waals surface area (Å²) in [5.74, 6) is -0.490. The van der Waals surface area contributed by atoms with E-state index in [1.807, 2.05) is 39.8 Å². The summed E-state index contributed by atoms with van der Waals surface area (Å²) < 4.78 is 40.8. The highest BCUT2D eigenvalue weighted by Gasteiger charge is 2.29. The van der Waals surface area contributed by atoms with Gasteiger partial charge in [-0.15, -0.1) is 0 Å². The molecule has 0 fully saturated rings. The number of hydrogen-bond acceptors (Lipinski definition) is 5. The van der Waals surface area contributed by atoms with Crippen LogP contribution in [0.4, 0.5) is 13.2 Å². The first kappa shape index (κ1) is 40.1. The smallest absolute Gasteiger partial charge is 0.416 e. The highest BCUT2D eigenvalue weighted by Crippen LogP contribution is 2.29. The third kappa shape index (κ3) is 20.3. The molecule has 2 aromatic rings. The number of alkyl halides is 3. The Morgan fingerprint density at radius 2 is 1.49 bits per heavy atom. The van der Waals surface area contributed by atoms with Crippen LogP contribution in [0, 0.1) is 0 Å². The average Bonchev–Trinajstić information content (AvgIpc) is 2.95. The standard InChI is InChI=1S/C14H19NO3.C9H10F3N.C2H5NO.2C2H6/c1-3-4-11-5-7-12(8-6-11)14(17)15-10-9-13(16)18-2;1-6(13)7-2-4-8(5-3-7)9(10,11)12;1-3-2-4;2*1-2/h5-8H,3-4,9-10H2,1-2H3,(H,15,17);2-6H,13H2,1H3;2H,1H3,(H,3,4);2*1-2H3. The van der Waals surface area contributed by atoms with Crippen LogP contribution in [0.3, 0.4) is 0 Å². The molecule has 1 atom stereocenters. The number of amides is 2. The molecule has 2 aromatic carbocycles. The third-order valence-corrected chi connectivity index (χ3v) is 4.48. The van der Waals surface area contributed by atoms with E-state index in [2.05, 4.69) is 22.3 Å². The van der Waals surface area contributed by atoms with Crippen LogP contribution >= 0.6 is 0 Å². The summed E-state index contributed by atoms with van der Waals surface area (Å²) in [5, 5.41) is 4.93. The van der Waals surface area contributed by atoms with Gasteiger partial charge >= 0.3 is 12.1 Å². The maximum absolute atomic E-state index is 12.1. The summed E-state index contributed by atoms with van der Waals surface area (Å²) in [7, 11) is 2.89. The Morgan fingerprint density at radius 1 is 1.00 bits per heavy atom. The van der Waals surface area contributed by atoms with E-state index in [1.54, 1.807) is 26.1 Å². The molecule has 1 unspecified atom stereocenters. The van der Waals surface area contributed by atoms with Crippen molar-refractivity contribution >= 4 is 18.3 Å². The highest BCUT2D eigenvalue weighted by molar-refractivity contribution is 5.94. The summed E-state index contributed by atoms with van der Waals surface area (Å²) in [6, 6.07) is 12.2. The van der Waals surface area contributed by atoms with Crippen molar-refractivity contribution in [3.05, 3.63) is 70.8 Å². The van der Waals surface area contributed by atoms with E-state index in [0.717, 1.165) is 25.0 Å². The van der Waals surface area contributed by atoms with Crippen molar-refractivity contribution in [2.45, 2.75) is 73.0 Å². The first-order chi connectivity index (χ1) is 18.5. The molecule has 0 saturated heterocycles. The van der Waals surface area contributed by atoms with Gasteiger partial charge in [-0.05, 0) is 48.7 Å². The number of methoxy groups -OCH3 is 1. The molecule has 4 N–H and O–H groups in total. The molecule has 39 heavy (non-hydrogen) atoms. The van der Waals surface area contributed by atoms with Gasteiger partial charge in [-0.1, -0.05) is 65.3 Å². The second-order valence-electron chi connectivity index (χ2n) is 7.34. The molecule has 0 saturated carbocycles. The molecule has 0 heterocycles. The molecule has 2 rings (SSSR count). The summed E-state index contributed by atoms with van der Waals surface area (Å²) >= 11 is 0. The van der Waals surface area contributed by atoms with E-state index >= 15 is 0 Å². The molecular formula is C29H46F3N3O4. The Labute approximate surface area is 231 Å². The maximum Gasteiger partial charge on any atom is 0.416 e. The number of aryl methyl sites for hydroxylation is 1. The fraction of sp³-hybridized carbons (Fsp3) is 0.483. The number of halogens is 3. The monoisotopic (exact) mass is 557 g/mol. The SMILES string of the molecule is CC.CC.CC(N)c1ccc(C(F)(F)F)cc1.CCCc1ccc(C(=O)NCCC(=O)OC)cc1.CNC=O. The zero-order valence-corrected chi connectivity index (χ0v) is 24.4. The van der Waals surface area contributed by atoms with Crippen LogP contribution in [0.15, 0.2) is 48.5 Å². The van der Waals surface area contributed by atoms with Crippen LogP contribution in [0.1, 0.15) is 87.5 Å². The lowest BCUT2D eigenvalue weighted by molar-refractivity contribution is -0.140. The molecule has 0 aromatic heterocycles. The van der Waals surface area contributed by atoms with Crippen molar-refractivity contribution in [3.8, 4) is 0 Å². The third-order valence-electron chi connectivity index (χ3n) is 4.48. The van der Waals surface area contributed by atoms with Crippen LogP contribution in [0.2, 0.25) is 0 Å². The Morgan fingerprint density at radius 3 is 1.85 bits per heavy atom. The van der Waals surface area contributed by atoms with Gasteiger partial charge in [-0.3, -0.25) is 14.4 Å². The van der Waals surface area contributed by atoms with Crippen LogP contribution in [-0.4, -0.2) is 39.0 Å². The zero-order chi connectivity index (χ0) is 30.9. The van der Waals surface area contributed by atoms with Crippen molar-refractivity contribution in [2.24, 2.45) is 5.73 Å². The normalized spacial score (nSPS) is 10.2. The van der Waals surface area contributed by atoms with E-state index in [9.17, 15) is 22.8 Å². The molecular weight excluding hydrogens is 511 g/mol. The molecule has 0 aliphatic carbocycles. The largest absolute Gasteiger partial charge is 0.469 e. The zero-order valence-electron chi connectivity index (χ0n) is 24.4. The van der Waals surface area contributed by atoms with Crippen LogP contribution < -0.4 is 16.4 Å². The molecule has 0 aliphatic heterocycles. The summed E-state index contributed by atoms with van der Waals surface area (Å²) in [6.07, 6.45) is -1.35. The van der Waals surface area contributed by atoms with Gasteiger partial charge in [0.2, 0.25) is 6.41 Å². The molecule has 7 nitrogen and oxygen atoms in total. The van der Waals surface area contributed by atoms with Gasteiger partial charge in [0.25, 0.3) is 5.91 Å². The van der Waals surface area contributed by atoms with Gasteiger partial charge in [0.05, 0.1) is 19.1 Å². The number of esters is 1. The number of ether oxygens (including phenoxy) is 1. The molecule has 2 amide bonds. The maximum atomic E-state index is 12.1. The second-order valence-corrected chi connectivity index (χ2v) is 7.34. The van der Waals surface area contributed by atoms with Crippen LogP contribution in [-0.2, 0) is 26.9 Å². The Kier molecular flexibility index (Phi) is 25.6. The van der Waals surface area contributed by atoms with Crippen LogP contribution in [0.25, 0.3) is 0 Å². The lowest BCUT2D eigenvalue weighted by Crippen LogP contribution is -2.26. The van der Waals surface area contributed by atoms with Crippen molar-refractivity contribution < 1.29 is 32.3 Å². The number of rotatable bonds is 8. The van der Waals surface area contributed by atoms with Gasteiger partial charge in [-0.2, -0.15) is 13.2 Å². The Bertz CT molecular complexity index is 886. The van der Waals surface area contributed by atoms with Gasteiger partial charge in [0, 0.05) is 25.2 Å². The second kappa shape index (κ2) is 24.9. The summed E-state index contributed by atoms with van der Waals surface area (Å²) in [4.78, 5) is 31.7. The van der Waals surface area contributed by atoms with Gasteiger partial charge < -0.3 is 21.1 Å². The first-order valence-corrected chi connectivity index (χ1v) is 13.0. The van der Waals surface area contributed by atoms with E-state index in [0.29, 0.717) is 24.1 Å². The van der Waals surface area contributed by atoms with E-state index in [1.165, 1.54) is 24.8 Å². The van der Waals surface area contributed by atoms with Crippen molar-refractivity contribution in [2.75, 3.05) is 20.7 Å². The minimum atomic E-state index is -4.27. The van der Waals surface area contributed by atoms with Gasteiger partial charge in [0.15, 0.2) is 0 Å². The fourth-order valence-corrected chi connectivity index (χ4v) is 2.57. The molecule has 0 bridgehead atoms. The number of carbonyl (C=O) groups excluding carboxylic acids is 3. The number of nitrogens with one attached hydrogen (secondary N) is 2. The van der Waals surface area contributed by atoms with E-state index in [4.69, 9.17) is 10.5 Å². The minimum absolute atomic E-state index is 0.165. The highest BCUT2D eigenvalue weighted by atomic mass is 19.4. The van der Waals surface area contributed by atoms with Gasteiger partial charge in [-0.25, -0.2) is 0 Å². The summed E-state index contributed by atoms with van der Waals surface area (Å²) in [5.41, 5.74) is 7.39. The predicted molar refractivity (Wildman–Crippen MR) is 151 cm³/mol. The molecule has 222 valence electrons. The van der Waals surface area contributed by atoms with Gasteiger partial charge in [0.1, 0.15) is 0 Å². The molecule has 0 radical (unpaired) electrons. The number of nitrogens with two attached hydrogens (primary N) is 1. The van der Waals surface area contributed by atoms with Crippen molar-refractivity contribution in [3.63, 3.8) is 0 Å². The Hall–Kier alpha value is -3.40. The lowest BCUT2D eigenvalue weighted by atomic mass is 10.1. The van der Waals surface area contributed by atoms with Crippen molar-refractivity contribution in [1.29, 1.82) is 0 Å². The number of carbonyl (C=O) groups is 3. The Balaban J connectivity index is -0.000000539. The fourth-order valence-electron chi connectivity index (χ4n) is 2.57. The number of hydrogen-bond donors (Lipinski definition) is 3. The van der Waals surface area contributed by atoms with E-state index in [-0.39, 0.29) is 24.3 Å². The number of benzene rings is 2. The first-order valence-electron chi connectivity index (χ1n) is 13.0. The molecule has 0 aliphatic rings. The predicted octanol–water partition coefficient (Wildman–Crippen LogP) is 6.07. The molecule has 10 heteroatoms. The quantitative estimate of drug-likeness (QED) is 0.269. The average molecular weight is 558 g/mol. The van der Waals surface area contributed by atoms with Crippen molar-refractivity contribution in [1.82, 2.24) is 10.6 Å². The lowest BCUT2D eigenvalue weighted by Gasteiger charge is -2.09. The minimum Gasteiger partial charge on any atom is -0.469 e. The van der Waals surface area contributed by atoms with Crippen LogP contribution in [0.5, 0.6) is 0 Å². The van der Waals surface area contributed by atoms with E-state index < -0.39 is 11.7 Å². The molecule has 0 spiro atoms.